The average Bonchev–Trinajstić information content (AvgIpc) is 3.20. The number of para-hydroxylation sites is 1. The molecule has 0 bridgehead atoms. The number of hydrogen-bond acceptors (Lipinski definition) is 7. The van der Waals surface area contributed by atoms with Gasteiger partial charge in [0.1, 0.15) is 0 Å². The molecule has 0 aliphatic carbocycles. The molecule has 0 saturated heterocycles. The number of nitrogens with one attached hydrogen (secondary N) is 1. The van der Waals surface area contributed by atoms with Crippen LogP contribution in [0.1, 0.15) is 34.3 Å². The molecule has 1 amide bonds. The van der Waals surface area contributed by atoms with E-state index in [1.54, 1.807) is 24.3 Å². The van der Waals surface area contributed by atoms with Gasteiger partial charge in [-0.3, -0.25) is 4.79 Å². The molecule has 3 aromatic rings. The fourth-order valence-corrected chi connectivity index (χ4v) is 3.21. The maximum atomic E-state index is 12.2. The van der Waals surface area contributed by atoms with Crippen molar-refractivity contribution in [3.8, 4) is 0 Å². The highest BCUT2D eigenvalue weighted by Crippen LogP contribution is 2.20. The summed E-state index contributed by atoms with van der Waals surface area (Å²) in [6.07, 6.45) is 1.53. The van der Waals surface area contributed by atoms with Crippen LogP contribution in [0.4, 0.5) is 5.69 Å². The van der Waals surface area contributed by atoms with Crippen molar-refractivity contribution in [3.05, 3.63) is 71.1 Å². The van der Waals surface area contributed by atoms with E-state index in [9.17, 15) is 9.59 Å². The van der Waals surface area contributed by atoms with Crippen LogP contribution in [0, 0.1) is 0 Å². The van der Waals surface area contributed by atoms with E-state index in [2.05, 4.69) is 34.6 Å². The molecule has 150 valence electrons. The minimum absolute atomic E-state index is 0.0718. The Morgan fingerprint density at radius 1 is 1.07 bits per heavy atom. The monoisotopic (exact) mass is 411 g/mol. The maximum absolute atomic E-state index is 12.2. The number of aromatic nitrogens is 2. The van der Waals surface area contributed by atoms with Crippen LogP contribution in [0.2, 0.25) is 0 Å². The third-order valence-corrected chi connectivity index (χ3v) is 4.99. The van der Waals surface area contributed by atoms with Crippen LogP contribution in [0.5, 0.6) is 0 Å². The first kappa shape index (κ1) is 20.6. The molecule has 0 aliphatic heterocycles. The number of rotatable bonds is 8. The highest BCUT2D eigenvalue weighted by atomic mass is 32.2. The standard InChI is InChI=1S/C21H21N3O4S/c1-3-14-8-10-15(11-9-14)12-19-23-24-21(28-19)29-13-18(25)22-17-7-5-4-6-16(17)20(26)27-2/h4-11H,3,12-13H2,1-2H3,(H,22,25). The Hall–Kier alpha value is -3.13. The van der Waals surface area contributed by atoms with Crippen molar-refractivity contribution in [1.29, 1.82) is 0 Å². The van der Waals surface area contributed by atoms with E-state index >= 15 is 0 Å². The maximum Gasteiger partial charge on any atom is 0.339 e. The zero-order chi connectivity index (χ0) is 20.6. The van der Waals surface area contributed by atoms with Gasteiger partial charge in [0.2, 0.25) is 11.8 Å². The van der Waals surface area contributed by atoms with Gasteiger partial charge in [-0.25, -0.2) is 4.79 Å². The fourth-order valence-electron chi connectivity index (χ4n) is 2.63. The molecule has 29 heavy (non-hydrogen) atoms. The van der Waals surface area contributed by atoms with Crippen molar-refractivity contribution >= 4 is 29.3 Å². The zero-order valence-electron chi connectivity index (χ0n) is 16.2. The quantitative estimate of drug-likeness (QED) is 0.446. The molecular formula is C21H21N3O4S. The molecule has 0 saturated carbocycles. The summed E-state index contributed by atoms with van der Waals surface area (Å²) in [5.74, 6) is -0.237. The number of aryl methyl sites for hydroxylation is 1. The lowest BCUT2D eigenvalue weighted by molar-refractivity contribution is -0.113. The summed E-state index contributed by atoms with van der Waals surface area (Å²) in [6.45, 7) is 2.11. The van der Waals surface area contributed by atoms with Crippen LogP contribution in [0.25, 0.3) is 0 Å². The molecule has 0 radical (unpaired) electrons. The lowest BCUT2D eigenvalue weighted by Crippen LogP contribution is -2.17. The Bertz CT molecular complexity index is 986. The summed E-state index contributed by atoms with van der Waals surface area (Å²) in [5.41, 5.74) is 3.05. The number of carbonyl (C=O) groups is 2. The number of nitrogens with zero attached hydrogens (tertiary/aromatic N) is 2. The topological polar surface area (TPSA) is 94.3 Å². The molecule has 0 unspecified atom stereocenters. The van der Waals surface area contributed by atoms with Crippen LogP contribution in [-0.2, 0) is 22.4 Å². The smallest absolute Gasteiger partial charge is 0.339 e. The third kappa shape index (κ3) is 5.68. The van der Waals surface area contributed by atoms with Gasteiger partial charge < -0.3 is 14.5 Å². The average molecular weight is 411 g/mol. The van der Waals surface area contributed by atoms with E-state index in [0.29, 0.717) is 28.8 Å². The number of esters is 1. The van der Waals surface area contributed by atoms with Crippen LogP contribution >= 0.6 is 11.8 Å². The highest BCUT2D eigenvalue weighted by Gasteiger charge is 2.15. The predicted molar refractivity (Wildman–Crippen MR) is 110 cm³/mol. The van der Waals surface area contributed by atoms with Gasteiger partial charge in [-0.05, 0) is 29.7 Å². The molecule has 0 fully saturated rings. The van der Waals surface area contributed by atoms with Crippen LogP contribution in [-0.4, -0.2) is 34.9 Å². The summed E-state index contributed by atoms with van der Waals surface area (Å²) in [5, 5.41) is 11.0. The summed E-state index contributed by atoms with van der Waals surface area (Å²) in [4.78, 5) is 24.0. The van der Waals surface area contributed by atoms with Crippen molar-refractivity contribution < 1.29 is 18.7 Å². The molecule has 0 spiro atoms. The van der Waals surface area contributed by atoms with Crippen molar-refractivity contribution in [2.75, 3.05) is 18.2 Å². The van der Waals surface area contributed by atoms with Crippen LogP contribution in [0.3, 0.4) is 0 Å². The van der Waals surface area contributed by atoms with Gasteiger partial charge in [-0.15, -0.1) is 10.2 Å². The predicted octanol–water partition coefficient (Wildman–Crippen LogP) is 3.74. The largest absolute Gasteiger partial charge is 0.465 e. The van der Waals surface area contributed by atoms with Gasteiger partial charge >= 0.3 is 5.97 Å². The number of anilines is 1. The van der Waals surface area contributed by atoms with Gasteiger partial charge in [0.05, 0.1) is 30.5 Å². The molecule has 8 heteroatoms. The van der Waals surface area contributed by atoms with Crippen molar-refractivity contribution in [3.63, 3.8) is 0 Å². The number of hydrogen-bond donors (Lipinski definition) is 1. The van der Waals surface area contributed by atoms with Crippen molar-refractivity contribution in [2.24, 2.45) is 0 Å². The van der Waals surface area contributed by atoms with E-state index in [-0.39, 0.29) is 11.7 Å². The second-order valence-corrected chi connectivity index (χ2v) is 7.11. The molecule has 3 rings (SSSR count). The lowest BCUT2D eigenvalue weighted by atomic mass is 10.1. The minimum Gasteiger partial charge on any atom is -0.465 e. The Morgan fingerprint density at radius 2 is 1.79 bits per heavy atom. The summed E-state index contributed by atoms with van der Waals surface area (Å²) >= 11 is 1.14. The van der Waals surface area contributed by atoms with Crippen molar-refractivity contribution in [1.82, 2.24) is 10.2 Å². The second-order valence-electron chi connectivity index (χ2n) is 6.18. The van der Waals surface area contributed by atoms with Gasteiger partial charge in [0.15, 0.2) is 0 Å². The third-order valence-electron chi connectivity index (χ3n) is 4.17. The molecule has 0 atom stereocenters. The Balaban J connectivity index is 1.54. The Kier molecular flexibility index (Phi) is 7.02. The second kappa shape index (κ2) is 9.88. The zero-order valence-corrected chi connectivity index (χ0v) is 17.0. The number of amides is 1. The Morgan fingerprint density at radius 3 is 2.52 bits per heavy atom. The first-order valence-corrected chi connectivity index (χ1v) is 10.1. The van der Waals surface area contributed by atoms with E-state index in [4.69, 9.17) is 9.15 Å². The summed E-state index contributed by atoms with van der Waals surface area (Å²) < 4.78 is 10.3. The first-order chi connectivity index (χ1) is 14.1. The summed E-state index contributed by atoms with van der Waals surface area (Å²) in [7, 11) is 1.29. The molecule has 1 aromatic heterocycles. The van der Waals surface area contributed by atoms with E-state index in [1.165, 1.54) is 12.7 Å². The number of benzene rings is 2. The molecule has 2 aromatic carbocycles. The SMILES string of the molecule is CCc1ccc(Cc2nnc(SCC(=O)Nc3ccccc3C(=O)OC)o2)cc1. The summed E-state index contributed by atoms with van der Waals surface area (Å²) in [6, 6.07) is 14.9. The number of carbonyl (C=O) groups excluding carboxylic acids is 2. The molecule has 0 aliphatic rings. The Labute approximate surface area is 172 Å². The van der Waals surface area contributed by atoms with Crippen LogP contribution < -0.4 is 5.32 Å². The van der Waals surface area contributed by atoms with E-state index in [1.807, 2.05) is 12.1 Å². The molecule has 1 heterocycles. The van der Waals surface area contributed by atoms with E-state index < -0.39 is 5.97 Å². The molecular weight excluding hydrogens is 390 g/mol. The fraction of sp³-hybridized carbons (Fsp3) is 0.238. The minimum atomic E-state index is -0.512. The number of ether oxygens (including phenoxy) is 1. The number of thioether (sulfide) groups is 1. The van der Waals surface area contributed by atoms with E-state index in [0.717, 1.165) is 23.7 Å². The van der Waals surface area contributed by atoms with Gasteiger partial charge in [0, 0.05) is 0 Å². The molecule has 1 N–H and O–H groups in total. The lowest BCUT2D eigenvalue weighted by Gasteiger charge is -2.08. The van der Waals surface area contributed by atoms with Crippen LogP contribution in [0.15, 0.2) is 58.2 Å². The number of methoxy groups -OCH3 is 1. The van der Waals surface area contributed by atoms with Crippen molar-refractivity contribution in [2.45, 2.75) is 25.0 Å². The highest BCUT2D eigenvalue weighted by molar-refractivity contribution is 7.99. The van der Waals surface area contributed by atoms with Gasteiger partial charge in [-0.2, -0.15) is 0 Å². The first-order valence-electron chi connectivity index (χ1n) is 9.09. The molecule has 7 nitrogen and oxygen atoms in total. The normalized spacial score (nSPS) is 10.6. The van der Waals surface area contributed by atoms with Gasteiger partial charge in [0.25, 0.3) is 5.22 Å². The van der Waals surface area contributed by atoms with Gasteiger partial charge in [-0.1, -0.05) is 55.1 Å².